The number of benzene rings is 3. The van der Waals surface area contributed by atoms with Crippen molar-refractivity contribution >= 4 is 0 Å². The number of hydrogen-bond acceptors (Lipinski definition) is 6. The van der Waals surface area contributed by atoms with Crippen molar-refractivity contribution in [3.8, 4) is 28.4 Å². The van der Waals surface area contributed by atoms with Crippen LogP contribution in [0.25, 0.3) is 11.1 Å². The van der Waals surface area contributed by atoms with Crippen LogP contribution in [0.3, 0.4) is 0 Å². The van der Waals surface area contributed by atoms with Crippen LogP contribution in [0, 0.1) is 0 Å². The Hall–Kier alpha value is -4.13. The third-order valence-electron chi connectivity index (χ3n) is 8.01. The highest BCUT2D eigenvalue weighted by Crippen LogP contribution is 2.28. The van der Waals surface area contributed by atoms with Gasteiger partial charge in [0.1, 0.15) is 24.0 Å². The molecule has 256 valence electrons. The first-order valence-electron chi connectivity index (χ1n) is 17.5. The van der Waals surface area contributed by atoms with Crippen molar-refractivity contribution in [2.24, 2.45) is 0 Å². The van der Waals surface area contributed by atoms with Crippen LogP contribution in [0.15, 0.2) is 103 Å². The first-order chi connectivity index (χ1) is 23.6. The molecular weight excluding hydrogens is 598 g/mol. The summed E-state index contributed by atoms with van der Waals surface area (Å²) >= 11 is 0. The van der Waals surface area contributed by atoms with Crippen molar-refractivity contribution in [2.75, 3.05) is 39.8 Å². The summed E-state index contributed by atoms with van der Waals surface area (Å²) in [4.78, 5) is 4.01. The Balaban J connectivity index is 1.09. The van der Waals surface area contributed by atoms with E-state index in [1.54, 1.807) is 12.4 Å². The average Bonchev–Trinajstić information content (AvgIpc) is 3.12. The van der Waals surface area contributed by atoms with E-state index in [9.17, 15) is 0 Å². The predicted molar refractivity (Wildman–Crippen MR) is 195 cm³/mol. The summed E-state index contributed by atoms with van der Waals surface area (Å²) in [6, 6.07) is 27.8. The SMILES string of the molecule is C=C(C)COCOCCCOc1ccc(-c2ccc(CCCCc3ccc(OCCCCCOc4ccncc4)cc3)cc2CC)cc1. The van der Waals surface area contributed by atoms with Gasteiger partial charge in [0, 0.05) is 18.8 Å². The summed E-state index contributed by atoms with van der Waals surface area (Å²) in [6.07, 6.45) is 13.0. The van der Waals surface area contributed by atoms with E-state index in [4.69, 9.17) is 23.7 Å². The molecule has 6 nitrogen and oxygen atoms in total. The molecule has 1 aromatic heterocycles. The number of rotatable bonds is 24. The van der Waals surface area contributed by atoms with Crippen LogP contribution in [0.1, 0.15) is 69.1 Å². The van der Waals surface area contributed by atoms with Crippen molar-refractivity contribution < 1.29 is 23.7 Å². The summed E-state index contributed by atoms with van der Waals surface area (Å²) in [5.41, 5.74) is 7.68. The number of hydrogen-bond donors (Lipinski definition) is 0. The summed E-state index contributed by atoms with van der Waals surface area (Å²) in [7, 11) is 0. The van der Waals surface area contributed by atoms with Gasteiger partial charge in [0.05, 0.1) is 33.0 Å². The molecule has 0 unspecified atom stereocenters. The highest BCUT2D eigenvalue weighted by atomic mass is 16.7. The maximum Gasteiger partial charge on any atom is 0.147 e. The molecule has 0 atom stereocenters. The predicted octanol–water partition coefficient (Wildman–Crippen LogP) is 9.84. The van der Waals surface area contributed by atoms with E-state index in [1.807, 2.05) is 19.1 Å². The molecular formula is C42H53NO5. The Morgan fingerprint density at radius 2 is 1.19 bits per heavy atom. The van der Waals surface area contributed by atoms with Crippen molar-refractivity contribution in [1.29, 1.82) is 0 Å². The Morgan fingerprint density at radius 1 is 0.604 bits per heavy atom. The summed E-state index contributed by atoms with van der Waals surface area (Å²) in [6.45, 7) is 11.5. The van der Waals surface area contributed by atoms with Crippen LogP contribution in [-0.2, 0) is 28.7 Å². The minimum Gasteiger partial charge on any atom is -0.494 e. The number of aryl methyl sites for hydroxylation is 3. The van der Waals surface area contributed by atoms with Crippen LogP contribution >= 0.6 is 0 Å². The fourth-order valence-corrected chi connectivity index (χ4v) is 5.40. The molecule has 4 aromatic rings. The van der Waals surface area contributed by atoms with E-state index >= 15 is 0 Å². The van der Waals surface area contributed by atoms with Gasteiger partial charge in [0.25, 0.3) is 0 Å². The van der Waals surface area contributed by atoms with Crippen molar-refractivity contribution in [1.82, 2.24) is 4.98 Å². The molecule has 0 radical (unpaired) electrons. The van der Waals surface area contributed by atoms with Gasteiger partial charge in [0.2, 0.25) is 0 Å². The summed E-state index contributed by atoms with van der Waals surface area (Å²) in [5.74, 6) is 2.70. The van der Waals surface area contributed by atoms with Crippen LogP contribution in [0.2, 0.25) is 0 Å². The summed E-state index contributed by atoms with van der Waals surface area (Å²) in [5, 5.41) is 0. The maximum absolute atomic E-state index is 5.95. The highest BCUT2D eigenvalue weighted by molar-refractivity contribution is 5.68. The molecule has 0 saturated heterocycles. The van der Waals surface area contributed by atoms with E-state index < -0.39 is 0 Å². The Labute approximate surface area is 288 Å². The number of unbranched alkanes of at least 4 members (excludes halogenated alkanes) is 3. The molecule has 0 bridgehead atoms. The number of aromatic nitrogens is 1. The van der Waals surface area contributed by atoms with Crippen LogP contribution in [0.5, 0.6) is 17.2 Å². The van der Waals surface area contributed by atoms with Crippen LogP contribution in [-0.4, -0.2) is 44.8 Å². The zero-order chi connectivity index (χ0) is 33.7. The van der Waals surface area contributed by atoms with Gasteiger partial charge in [-0.1, -0.05) is 61.5 Å². The van der Waals surface area contributed by atoms with Crippen molar-refractivity contribution in [3.05, 3.63) is 120 Å². The smallest absolute Gasteiger partial charge is 0.147 e. The molecule has 0 aliphatic heterocycles. The van der Waals surface area contributed by atoms with Gasteiger partial charge >= 0.3 is 0 Å². The molecule has 0 spiro atoms. The molecule has 0 amide bonds. The van der Waals surface area contributed by atoms with Gasteiger partial charge in [-0.15, -0.1) is 0 Å². The van der Waals surface area contributed by atoms with Crippen molar-refractivity contribution in [2.45, 2.75) is 71.6 Å². The lowest BCUT2D eigenvalue weighted by molar-refractivity contribution is -0.0482. The molecule has 0 fully saturated rings. The van der Waals surface area contributed by atoms with E-state index in [-0.39, 0.29) is 0 Å². The second-order valence-corrected chi connectivity index (χ2v) is 12.2. The number of ether oxygens (including phenoxy) is 5. The van der Waals surface area contributed by atoms with Gasteiger partial charge in [-0.05, 0) is 123 Å². The largest absolute Gasteiger partial charge is 0.494 e. The zero-order valence-electron chi connectivity index (χ0n) is 29.0. The molecule has 0 aliphatic carbocycles. The second-order valence-electron chi connectivity index (χ2n) is 12.2. The van der Waals surface area contributed by atoms with E-state index in [2.05, 4.69) is 85.2 Å². The maximum atomic E-state index is 5.95. The van der Waals surface area contributed by atoms with Crippen molar-refractivity contribution in [3.63, 3.8) is 0 Å². The van der Waals surface area contributed by atoms with Crippen LogP contribution in [0.4, 0.5) is 0 Å². The van der Waals surface area contributed by atoms with E-state index in [0.717, 1.165) is 81.0 Å². The third kappa shape index (κ3) is 13.9. The number of pyridine rings is 1. The summed E-state index contributed by atoms with van der Waals surface area (Å²) < 4.78 is 28.4. The van der Waals surface area contributed by atoms with E-state index in [0.29, 0.717) is 26.6 Å². The van der Waals surface area contributed by atoms with Crippen LogP contribution < -0.4 is 14.2 Å². The fourth-order valence-electron chi connectivity index (χ4n) is 5.40. The van der Waals surface area contributed by atoms with Gasteiger partial charge in [-0.25, -0.2) is 0 Å². The fraction of sp³-hybridized carbons (Fsp3) is 0.405. The standard InChI is InChI=1S/C42H53NO5/c1-4-37-31-36(15-22-42(37)38-16-20-40(21-17-38)48-30-10-27-44-33-45-32-34(2)3)12-7-6-11-35-13-18-39(19-14-35)46-28-8-5-9-29-47-41-23-25-43-26-24-41/h13-26,31H,2,4-12,27-30,32-33H2,1,3H3. The lowest BCUT2D eigenvalue weighted by Gasteiger charge is -2.12. The molecule has 1 heterocycles. The first kappa shape index (κ1) is 36.7. The molecule has 48 heavy (non-hydrogen) atoms. The molecule has 3 aromatic carbocycles. The Bertz CT molecular complexity index is 1450. The second kappa shape index (κ2) is 21.7. The first-order valence-corrected chi connectivity index (χ1v) is 17.5. The van der Waals surface area contributed by atoms with Gasteiger partial charge < -0.3 is 23.7 Å². The minimum atomic E-state index is 0.290. The third-order valence-corrected chi connectivity index (χ3v) is 8.01. The minimum absolute atomic E-state index is 0.290. The Morgan fingerprint density at radius 3 is 1.83 bits per heavy atom. The average molecular weight is 652 g/mol. The van der Waals surface area contributed by atoms with Gasteiger partial charge in [0.15, 0.2) is 0 Å². The highest BCUT2D eigenvalue weighted by Gasteiger charge is 2.07. The van der Waals surface area contributed by atoms with Gasteiger partial charge in [-0.2, -0.15) is 0 Å². The lowest BCUT2D eigenvalue weighted by atomic mass is 9.94. The Kier molecular flexibility index (Phi) is 16.6. The topological polar surface area (TPSA) is 59.0 Å². The molecule has 0 saturated carbocycles. The normalized spacial score (nSPS) is 11.0. The molecule has 0 N–H and O–H groups in total. The quantitative estimate of drug-likeness (QED) is 0.0427. The van der Waals surface area contributed by atoms with E-state index in [1.165, 1.54) is 40.7 Å². The monoisotopic (exact) mass is 651 g/mol. The number of nitrogens with zero attached hydrogens (tertiary/aromatic N) is 1. The lowest BCUT2D eigenvalue weighted by Crippen LogP contribution is -2.06. The molecule has 4 rings (SSSR count). The molecule has 6 heteroatoms. The van der Waals surface area contributed by atoms with Gasteiger partial charge in [-0.3, -0.25) is 4.98 Å². The zero-order valence-corrected chi connectivity index (χ0v) is 29.0. The molecule has 0 aliphatic rings.